The number of aromatic nitrogens is 1. The van der Waals surface area contributed by atoms with Crippen molar-refractivity contribution in [2.24, 2.45) is 5.92 Å². The Balaban J connectivity index is 1.81. The maximum Gasteiger partial charge on any atom is 0.410 e. The first-order valence-corrected chi connectivity index (χ1v) is 8.44. The molecule has 1 atom stereocenters. The summed E-state index contributed by atoms with van der Waals surface area (Å²) < 4.78 is 5.37. The van der Waals surface area contributed by atoms with Gasteiger partial charge in [-0.2, -0.15) is 0 Å². The van der Waals surface area contributed by atoms with Crippen LogP contribution < -0.4 is 5.32 Å². The molecule has 1 aliphatic rings. The van der Waals surface area contributed by atoms with E-state index >= 15 is 0 Å². The van der Waals surface area contributed by atoms with E-state index in [-0.39, 0.29) is 24.0 Å². The molecule has 0 spiro atoms. The van der Waals surface area contributed by atoms with Crippen LogP contribution in [0.3, 0.4) is 0 Å². The number of hydrogen-bond donors (Lipinski definition) is 1. The van der Waals surface area contributed by atoms with E-state index in [0.717, 1.165) is 5.56 Å². The van der Waals surface area contributed by atoms with Gasteiger partial charge in [0.05, 0.1) is 6.04 Å². The van der Waals surface area contributed by atoms with Crippen LogP contribution in [0.4, 0.5) is 4.79 Å². The molecule has 2 amide bonds. The van der Waals surface area contributed by atoms with Crippen molar-refractivity contribution >= 4 is 12.0 Å². The molecule has 24 heavy (non-hydrogen) atoms. The van der Waals surface area contributed by atoms with Crippen LogP contribution in [0, 0.1) is 5.92 Å². The molecule has 0 radical (unpaired) electrons. The van der Waals surface area contributed by atoms with E-state index < -0.39 is 5.60 Å². The van der Waals surface area contributed by atoms with Gasteiger partial charge in [-0.05, 0) is 52.2 Å². The minimum absolute atomic E-state index is 0.0372. The summed E-state index contributed by atoms with van der Waals surface area (Å²) in [6.45, 7) is 8.61. The van der Waals surface area contributed by atoms with E-state index in [0.29, 0.717) is 25.9 Å². The van der Waals surface area contributed by atoms with Crippen LogP contribution in [0.25, 0.3) is 0 Å². The first-order valence-electron chi connectivity index (χ1n) is 8.44. The number of nitrogens with zero attached hydrogens (tertiary/aromatic N) is 2. The van der Waals surface area contributed by atoms with Gasteiger partial charge in [0, 0.05) is 31.4 Å². The van der Waals surface area contributed by atoms with Gasteiger partial charge in [0.2, 0.25) is 5.91 Å². The number of likely N-dealkylation sites (tertiary alicyclic amines) is 1. The van der Waals surface area contributed by atoms with Gasteiger partial charge in [0.1, 0.15) is 5.60 Å². The molecule has 1 aromatic heterocycles. The average Bonchev–Trinajstić information content (AvgIpc) is 2.54. The van der Waals surface area contributed by atoms with Gasteiger partial charge in [0.25, 0.3) is 0 Å². The van der Waals surface area contributed by atoms with Crippen LogP contribution in [-0.2, 0) is 9.53 Å². The highest BCUT2D eigenvalue weighted by Gasteiger charge is 2.30. The Hall–Kier alpha value is -2.11. The summed E-state index contributed by atoms with van der Waals surface area (Å²) in [5, 5.41) is 3.03. The third-order valence-electron chi connectivity index (χ3n) is 4.06. The Morgan fingerprint density at radius 2 is 2.00 bits per heavy atom. The molecule has 2 rings (SSSR count). The molecule has 2 heterocycles. The smallest absolute Gasteiger partial charge is 0.410 e. The van der Waals surface area contributed by atoms with Crippen LogP contribution in [0.15, 0.2) is 24.5 Å². The average molecular weight is 333 g/mol. The van der Waals surface area contributed by atoms with Crippen molar-refractivity contribution in [2.45, 2.75) is 52.2 Å². The molecule has 0 aromatic carbocycles. The molecular weight excluding hydrogens is 306 g/mol. The standard InChI is InChI=1S/C18H27N3O3/c1-13(15-6-5-9-19-12-15)20-16(22)14-7-10-21(11-8-14)17(23)24-18(2,3)4/h5-6,9,12-14H,7-8,10-11H2,1-4H3,(H,20,22). The summed E-state index contributed by atoms with van der Waals surface area (Å²) in [4.78, 5) is 30.2. The lowest BCUT2D eigenvalue weighted by Gasteiger charge is -2.33. The first-order chi connectivity index (χ1) is 11.3. The predicted molar refractivity (Wildman–Crippen MR) is 91.3 cm³/mol. The lowest BCUT2D eigenvalue weighted by atomic mass is 9.95. The van der Waals surface area contributed by atoms with Gasteiger partial charge in [-0.3, -0.25) is 9.78 Å². The summed E-state index contributed by atoms with van der Waals surface area (Å²) in [6, 6.07) is 3.73. The second kappa shape index (κ2) is 7.64. The second-order valence-corrected chi connectivity index (χ2v) is 7.26. The second-order valence-electron chi connectivity index (χ2n) is 7.26. The van der Waals surface area contributed by atoms with Gasteiger partial charge >= 0.3 is 6.09 Å². The zero-order valence-electron chi connectivity index (χ0n) is 14.9. The van der Waals surface area contributed by atoms with E-state index in [9.17, 15) is 9.59 Å². The highest BCUT2D eigenvalue weighted by molar-refractivity contribution is 5.79. The van der Waals surface area contributed by atoms with Crippen molar-refractivity contribution in [1.29, 1.82) is 0 Å². The fourth-order valence-electron chi connectivity index (χ4n) is 2.70. The lowest BCUT2D eigenvalue weighted by molar-refractivity contribution is -0.127. The first kappa shape index (κ1) is 18.2. The van der Waals surface area contributed by atoms with Crippen molar-refractivity contribution < 1.29 is 14.3 Å². The molecule has 1 aliphatic heterocycles. The summed E-state index contributed by atoms with van der Waals surface area (Å²) in [5.41, 5.74) is 0.488. The highest BCUT2D eigenvalue weighted by Crippen LogP contribution is 2.21. The Morgan fingerprint density at radius 3 is 2.54 bits per heavy atom. The summed E-state index contributed by atoms with van der Waals surface area (Å²) in [6.07, 6.45) is 4.49. The molecule has 1 unspecified atom stereocenters. The van der Waals surface area contributed by atoms with Crippen LogP contribution in [0.2, 0.25) is 0 Å². The van der Waals surface area contributed by atoms with Gasteiger partial charge in [-0.25, -0.2) is 4.79 Å². The van der Waals surface area contributed by atoms with E-state index in [2.05, 4.69) is 10.3 Å². The predicted octanol–water partition coefficient (Wildman–Crippen LogP) is 2.91. The molecule has 1 fully saturated rings. The van der Waals surface area contributed by atoms with Crippen molar-refractivity contribution in [1.82, 2.24) is 15.2 Å². The number of amides is 2. The van der Waals surface area contributed by atoms with Gasteiger partial charge in [-0.1, -0.05) is 6.07 Å². The molecule has 132 valence electrons. The Labute approximate surface area is 143 Å². The fourth-order valence-corrected chi connectivity index (χ4v) is 2.70. The van der Waals surface area contributed by atoms with Crippen LogP contribution in [-0.4, -0.2) is 40.6 Å². The van der Waals surface area contributed by atoms with Crippen molar-refractivity contribution in [3.8, 4) is 0 Å². The van der Waals surface area contributed by atoms with Gasteiger partial charge < -0.3 is 15.0 Å². The van der Waals surface area contributed by atoms with Crippen molar-refractivity contribution in [2.75, 3.05) is 13.1 Å². The van der Waals surface area contributed by atoms with Gasteiger partial charge in [-0.15, -0.1) is 0 Å². The van der Waals surface area contributed by atoms with E-state index in [1.807, 2.05) is 39.8 Å². The molecule has 1 aromatic rings. The van der Waals surface area contributed by atoms with Crippen LogP contribution >= 0.6 is 0 Å². The Morgan fingerprint density at radius 1 is 1.33 bits per heavy atom. The number of carbonyl (C=O) groups is 2. The van der Waals surface area contributed by atoms with Crippen molar-refractivity contribution in [3.05, 3.63) is 30.1 Å². The summed E-state index contributed by atoms with van der Waals surface area (Å²) in [5.74, 6) is -0.0296. The van der Waals surface area contributed by atoms with Gasteiger partial charge in [0.15, 0.2) is 0 Å². The number of hydrogen-bond acceptors (Lipinski definition) is 4. The quantitative estimate of drug-likeness (QED) is 0.923. The normalized spacial score (nSPS) is 17.2. The topological polar surface area (TPSA) is 71.5 Å². The molecule has 6 heteroatoms. The highest BCUT2D eigenvalue weighted by atomic mass is 16.6. The largest absolute Gasteiger partial charge is 0.444 e. The number of piperidine rings is 1. The maximum atomic E-state index is 12.4. The summed E-state index contributed by atoms with van der Waals surface area (Å²) in [7, 11) is 0. The monoisotopic (exact) mass is 333 g/mol. The third kappa shape index (κ3) is 5.22. The Bertz CT molecular complexity index is 561. The molecule has 1 saturated heterocycles. The zero-order valence-corrected chi connectivity index (χ0v) is 14.9. The van der Waals surface area contributed by atoms with Crippen LogP contribution in [0.1, 0.15) is 52.1 Å². The van der Waals surface area contributed by atoms with Crippen LogP contribution in [0.5, 0.6) is 0 Å². The summed E-state index contributed by atoms with van der Waals surface area (Å²) >= 11 is 0. The third-order valence-corrected chi connectivity index (χ3v) is 4.06. The van der Waals surface area contributed by atoms with E-state index in [1.165, 1.54) is 0 Å². The SMILES string of the molecule is CC(NC(=O)C1CCN(C(=O)OC(C)(C)C)CC1)c1cccnc1. The minimum atomic E-state index is -0.496. The molecule has 6 nitrogen and oxygen atoms in total. The number of ether oxygens (including phenoxy) is 1. The van der Waals surface area contributed by atoms with Crippen molar-refractivity contribution in [3.63, 3.8) is 0 Å². The minimum Gasteiger partial charge on any atom is -0.444 e. The Kier molecular flexibility index (Phi) is 5.80. The van der Waals surface area contributed by atoms with E-state index in [1.54, 1.807) is 17.3 Å². The van der Waals surface area contributed by atoms with E-state index in [4.69, 9.17) is 4.74 Å². The molecule has 0 saturated carbocycles. The molecule has 0 aliphatic carbocycles. The number of pyridine rings is 1. The fraction of sp³-hybridized carbons (Fsp3) is 0.611. The molecular formula is C18H27N3O3. The number of carbonyl (C=O) groups excluding carboxylic acids is 2. The maximum absolute atomic E-state index is 12.4. The number of rotatable bonds is 3. The number of nitrogens with one attached hydrogen (secondary N) is 1. The lowest BCUT2D eigenvalue weighted by Crippen LogP contribution is -2.45. The molecule has 0 bridgehead atoms. The zero-order chi connectivity index (χ0) is 17.7. The molecule has 1 N–H and O–H groups in total.